The van der Waals surface area contributed by atoms with Crippen molar-refractivity contribution in [1.82, 2.24) is 9.97 Å². The van der Waals surface area contributed by atoms with E-state index >= 15 is 0 Å². The summed E-state index contributed by atoms with van der Waals surface area (Å²) < 4.78 is 4.54. The van der Waals surface area contributed by atoms with Crippen LogP contribution in [-0.2, 0) is 4.74 Å². The molecule has 0 aliphatic rings. The number of aromatic nitrogens is 2. The Morgan fingerprint density at radius 2 is 2.38 bits per heavy atom. The SMILES string of the molecule is C=Cc1ncc(C)nc1C(=O)OC. The van der Waals surface area contributed by atoms with Crippen molar-refractivity contribution in [3.63, 3.8) is 0 Å². The number of rotatable bonds is 2. The normalized spacial score (nSPS) is 9.38. The van der Waals surface area contributed by atoms with E-state index in [4.69, 9.17) is 0 Å². The smallest absolute Gasteiger partial charge is 0.358 e. The van der Waals surface area contributed by atoms with Crippen LogP contribution in [0.1, 0.15) is 21.9 Å². The zero-order valence-corrected chi connectivity index (χ0v) is 7.57. The third-order valence-corrected chi connectivity index (χ3v) is 1.49. The number of esters is 1. The van der Waals surface area contributed by atoms with Gasteiger partial charge >= 0.3 is 5.97 Å². The average Bonchev–Trinajstić information content (AvgIpc) is 2.16. The van der Waals surface area contributed by atoms with Crippen molar-refractivity contribution in [2.24, 2.45) is 0 Å². The number of nitrogens with zero attached hydrogens (tertiary/aromatic N) is 2. The first-order valence-electron chi connectivity index (χ1n) is 3.73. The summed E-state index contributed by atoms with van der Waals surface area (Å²) in [6.45, 7) is 5.28. The number of hydrogen-bond donors (Lipinski definition) is 0. The van der Waals surface area contributed by atoms with E-state index < -0.39 is 5.97 Å². The molecule has 4 heteroatoms. The molecular formula is C9H10N2O2. The first-order chi connectivity index (χ1) is 6.19. The Morgan fingerprint density at radius 3 is 2.92 bits per heavy atom. The van der Waals surface area contributed by atoms with Crippen molar-refractivity contribution >= 4 is 12.0 Å². The van der Waals surface area contributed by atoms with Crippen molar-refractivity contribution in [1.29, 1.82) is 0 Å². The number of aryl methyl sites for hydroxylation is 1. The Labute approximate surface area is 76.3 Å². The molecular weight excluding hydrogens is 168 g/mol. The van der Waals surface area contributed by atoms with Gasteiger partial charge in [-0.25, -0.2) is 9.78 Å². The van der Waals surface area contributed by atoms with E-state index in [2.05, 4.69) is 21.3 Å². The Hall–Kier alpha value is -1.71. The summed E-state index contributed by atoms with van der Waals surface area (Å²) in [5.74, 6) is -0.494. The second kappa shape index (κ2) is 3.80. The van der Waals surface area contributed by atoms with Crippen LogP contribution in [0.5, 0.6) is 0 Å². The fourth-order valence-electron chi connectivity index (χ4n) is 0.883. The van der Waals surface area contributed by atoms with Gasteiger partial charge in [-0.3, -0.25) is 4.98 Å². The number of carbonyl (C=O) groups is 1. The first kappa shape index (κ1) is 9.38. The molecule has 1 heterocycles. The number of ether oxygens (including phenoxy) is 1. The lowest BCUT2D eigenvalue weighted by Gasteiger charge is -2.02. The van der Waals surface area contributed by atoms with Crippen molar-refractivity contribution in [2.75, 3.05) is 7.11 Å². The predicted molar refractivity (Wildman–Crippen MR) is 48.2 cm³/mol. The van der Waals surface area contributed by atoms with Crippen LogP contribution < -0.4 is 0 Å². The Morgan fingerprint density at radius 1 is 1.69 bits per heavy atom. The lowest BCUT2D eigenvalue weighted by molar-refractivity contribution is 0.0593. The van der Waals surface area contributed by atoms with Gasteiger partial charge in [0.05, 0.1) is 18.5 Å². The van der Waals surface area contributed by atoms with Crippen LogP contribution in [0.2, 0.25) is 0 Å². The highest BCUT2D eigenvalue weighted by molar-refractivity contribution is 5.90. The fourth-order valence-corrected chi connectivity index (χ4v) is 0.883. The molecule has 0 aliphatic heterocycles. The largest absolute Gasteiger partial charge is 0.464 e. The fraction of sp³-hybridized carbons (Fsp3) is 0.222. The van der Waals surface area contributed by atoms with Gasteiger partial charge in [0.25, 0.3) is 0 Å². The van der Waals surface area contributed by atoms with Gasteiger partial charge < -0.3 is 4.74 Å². The van der Waals surface area contributed by atoms with Crippen LogP contribution in [0, 0.1) is 6.92 Å². The minimum absolute atomic E-state index is 0.206. The molecule has 0 aromatic carbocycles. The summed E-state index contributed by atoms with van der Waals surface area (Å²) in [6, 6.07) is 0. The molecule has 13 heavy (non-hydrogen) atoms. The monoisotopic (exact) mass is 178 g/mol. The van der Waals surface area contributed by atoms with Gasteiger partial charge in [0.15, 0.2) is 5.69 Å². The van der Waals surface area contributed by atoms with Gasteiger partial charge in [-0.2, -0.15) is 0 Å². The summed E-state index contributed by atoms with van der Waals surface area (Å²) >= 11 is 0. The molecule has 0 unspecified atom stereocenters. The van der Waals surface area contributed by atoms with E-state index in [1.165, 1.54) is 13.2 Å². The zero-order valence-electron chi connectivity index (χ0n) is 7.57. The Balaban J connectivity index is 3.23. The van der Waals surface area contributed by atoms with Gasteiger partial charge in [0, 0.05) is 6.20 Å². The summed E-state index contributed by atoms with van der Waals surface area (Å²) in [7, 11) is 1.30. The molecule has 4 nitrogen and oxygen atoms in total. The van der Waals surface area contributed by atoms with Crippen LogP contribution in [0.15, 0.2) is 12.8 Å². The van der Waals surface area contributed by atoms with Crippen LogP contribution in [0.4, 0.5) is 0 Å². The summed E-state index contributed by atoms with van der Waals surface area (Å²) in [4.78, 5) is 19.2. The van der Waals surface area contributed by atoms with Crippen LogP contribution in [-0.4, -0.2) is 23.0 Å². The molecule has 0 spiro atoms. The first-order valence-corrected chi connectivity index (χ1v) is 3.73. The van der Waals surface area contributed by atoms with Crippen LogP contribution >= 0.6 is 0 Å². The maximum Gasteiger partial charge on any atom is 0.358 e. The number of carbonyl (C=O) groups excluding carboxylic acids is 1. The molecule has 0 saturated carbocycles. The van der Waals surface area contributed by atoms with Crippen molar-refractivity contribution in [3.05, 3.63) is 29.9 Å². The molecule has 1 aromatic rings. The Bertz CT molecular complexity index is 347. The number of hydrogen-bond acceptors (Lipinski definition) is 4. The van der Waals surface area contributed by atoms with Gasteiger partial charge in [-0.05, 0) is 13.0 Å². The zero-order chi connectivity index (χ0) is 9.84. The van der Waals surface area contributed by atoms with E-state index in [0.717, 1.165) is 0 Å². The minimum Gasteiger partial charge on any atom is -0.464 e. The second-order valence-corrected chi connectivity index (χ2v) is 2.44. The molecule has 1 rings (SSSR count). The van der Waals surface area contributed by atoms with E-state index in [1.807, 2.05) is 0 Å². The van der Waals surface area contributed by atoms with Gasteiger partial charge in [0.2, 0.25) is 0 Å². The van der Waals surface area contributed by atoms with E-state index in [0.29, 0.717) is 11.4 Å². The third kappa shape index (κ3) is 1.90. The summed E-state index contributed by atoms with van der Waals surface area (Å²) in [5, 5.41) is 0. The molecule has 0 aliphatic carbocycles. The highest BCUT2D eigenvalue weighted by atomic mass is 16.5. The highest BCUT2D eigenvalue weighted by Crippen LogP contribution is 2.06. The van der Waals surface area contributed by atoms with Crippen molar-refractivity contribution in [3.8, 4) is 0 Å². The molecule has 68 valence electrons. The maximum absolute atomic E-state index is 11.2. The number of methoxy groups -OCH3 is 1. The third-order valence-electron chi connectivity index (χ3n) is 1.49. The molecule has 0 atom stereocenters. The standard InChI is InChI=1S/C9H10N2O2/c1-4-7-8(9(12)13-3)11-6(2)5-10-7/h4-5H,1H2,2-3H3. The van der Waals surface area contributed by atoms with Crippen molar-refractivity contribution in [2.45, 2.75) is 6.92 Å². The van der Waals surface area contributed by atoms with Crippen LogP contribution in [0.25, 0.3) is 6.08 Å². The molecule has 0 radical (unpaired) electrons. The van der Waals surface area contributed by atoms with Gasteiger partial charge in [-0.1, -0.05) is 6.58 Å². The molecule has 0 N–H and O–H groups in total. The Kier molecular flexibility index (Phi) is 2.74. The van der Waals surface area contributed by atoms with Crippen molar-refractivity contribution < 1.29 is 9.53 Å². The topological polar surface area (TPSA) is 52.1 Å². The second-order valence-electron chi connectivity index (χ2n) is 2.44. The molecule has 1 aromatic heterocycles. The lowest BCUT2D eigenvalue weighted by atomic mass is 10.3. The quantitative estimate of drug-likeness (QED) is 0.639. The molecule has 0 saturated heterocycles. The highest BCUT2D eigenvalue weighted by Gasteiger charge is 2.12. The molecule has 0 amide bonds. The van der Waals surface area contributed by atoms with E-state index in [-0.39, 0.29) is 5.69 Å². The van der Waals surface area contributed by atoms with E-state index in [9.17, 15) is 4.79 Å². The molecule has 0 fully saturated rings. The predicted octanol–water partition coefficient (Wildman–Crippen LogP) is 1.21. The maximum atomic E-state index is 11.2. The summed E-state index contributed by atoms with van der Waals surface area (Å²) in [5.41, 5.74) is 1.32. The van der Waals surface area contributed by atoms with Gasteiger partial charge in [-0.15, -0.1) is 0 Å². The van der Waals surface area contributed by atoms with Crippen LogP contribution in [0.3, 0.4) is 0 Å². The van der Waals surface area contributed by atoms with E-state index in [1.54, 1.807) is 13.1 Å². The van der Waals surface area contributed by atoms with Gasteiger partial charge in [0.1, 0.15) is 0 Å². The molecule has 0 bridgehead atoms. The average molecular weight is 178 g/mol. The minimum atomic E-state index is -0.494. The lowest BCUT2D eigenvalue weighted by Crippen LogP contribution is -2.09. The summed E-state index contributed by atoms with van der Waals surface area (Å²) in [6.07, 6.45) is 3.04.